The van der Waals surface area contributed by atoms with Gasteiger partial charge in [0.05, 0.1) is 17.5 Å². The highest BCUT2D eigenvalue weighted by Gasteiger charge is 2.40. The number of rotatable bonds is 5. The van der Waals surface area contributed by atoms with Crippen LogP contribution in [0.25, 0.3) is 11.3 Å². The van der Waals surface area contributed by atoms with Gasteiger partial charge in [-0.25, -0.2) is 4.98 Å². The summed E-state index contributed by atoms with van der Waals surface area (Å²) in [6.45, 7) is 4.07. The normalized spacial score (nSPS) is 22.7. The van der Waals surface area contributed by atoms with E-state index in [1.165, 1.54) is 0 Å². The van der Waals surface area contributed by atoms with E-state index in [2.05, 4.69) is 54.3 Å². The Morgan fingerprint density at radius 1 is 1.08 bits per heavy atom. The minimum Gasteiger partial charge on any atom is -0.507 e. The molecule has 4 N–H and O–H groups in total. The van der Waals surface area contributed by atoms with Crippen LogP contribution in [0, 0.1) is 11.8 Å². The monoisotopic (exact) mass is 511 g/mol. The molecule has 3 atom stereocenters. The molecule has 0 spiro atoms. The number of benzene rings is 1. The molecule has 3 fully saturated rings. The molecule has 0 amide bonds. The van der Waals surface area contributed by atoms with Crippen molar-refractivity contribution < 1.29 is 9.84 Å². The Morgan fingerprint density at radius 3 is 2.71 bits per heavy atom. The second-order valence-electron chi connectivity index (χ2n) is 10.2. The molecule has 0 radical (unpaired) electrons. The van der Waals surface area contributed by atoms with Crippen molar-refractivity contribution >= 4 is 17.2 Å². The number of phenols is 1. The van der Waals surface area contributed by atoms with Crippen LogP contribution in [0.2, 0.25) is 0 Å². The van der Waals surface area contributed by atoms with E-state index < -0.39 is 0 Å². The summed E-state index contributed by atoms with van der Waals surface area (Å²) in [7, 11) is 0. The zero-order valence-corrected chi connectivity index (χ0v) is 21.4. The quantitative estimate of drug-likeness (QED) is 0.445. The van der Waals surface area contributed by atoms with Gasteiger partial charge in [0.2, 0.25) is 0 Å². The summed E-state index contributed by atoms with van der Waals surface area (Å²) in [5, 5.41) is 22.1. The predicted octanol–water partition coefficient (Wildman–Crippen LogP) is 2.80. The Morgan fingerprint density at radius 2 is 1.92 bits per heavy atom. The minimum absolute atomic E-state index is 0.177. The Balaban J connectivity index is 1.15. The number of hydrogen-bond acceptors (Lipinski definition) is 9. The average molecular weight is 512 g/mol. The largest absolute Gasteiger partial charge is 0.507 e. The van der Waals surface area contributed by atoms with Crippen LogP contribution >= 0.6 is 0 Å². The molecule has 3 unspecified atom stereocenters. The summed E-state index contributed by atoms with van der Waals surface area (Å²) in [6.07, 6.45) is 6.56. The molecule has 3 aliphatic rings. The molecule has 3 saturated heterocycles. The number of ether oxygens (including phenoxy) is 1. The number of para-hydroxylation sites is 1. The van der Waals surface area contributed by atoms with Gasteiger partial charge in [-0.15, -0.1) is 10.2 Å². The number of nitrogens with zero attached hydrogens (tertiary/aromatic N) is 5. The van der Waals surface area contributed by atoms with Gasteiger partial charge < -0.3 is 30.7 Å². The van der Waals surface area contributed by atoms with Crippen LogP contribution in [-0.2, 0) is 4.74 Å². The highest BCUT2D eigenvalue weighted by molar-refractivity contribution is 5.74. The molecule has 9 nitrogen and oxygen atoms in total. The molecule has 1 aromatic carbocycles. The Bertz CT molecular complexity index is 1330. The van der Waals surface area contributed by atoms with Crippen molar-refractivity contribution in [1.82, 2.24) is 20.5 Å². The molecule has 0 saturated carbocycles. The lowest BCUT2D eigenvalue weighted by Crippen LogP contribution is -2.54. The fourth-order valence-electron chi connectivity index (χ4n) is 5.88. The number of nitrogens with one attached hydrogen (secondary N) is 1. The van der Waals surface area contributed by atoms with Crippen LogP contribution in [0.1, 0.15) is 31.4 Å². The number of pyridine rings is 1. The fourth-order valence-corrected chi connectivity index (χ4v) is 5.88. The third kappa shape index (κ3) is 5.10. The van der Waals surface area contributed by atoms with Crippen molar-refractivity contribution in [3.8, 4) is 28.8 Å². The molecule has 196 valence electrons. The smallest absolute Gasteiger partial charge is 0.169 e. The number of nitrogen functional groups attached to an aromatic ring is 1. The van der Waals surface area contributed by atoms with Gasteiger partial charge >= 0.3 is 0 Å². The van der Waals surface area contributed by atoms with Crippen molar-refractivity contribution in [3.63, 3.8) is 0 Å². The lowest BCUT2D eigenvalue weighted by Gasteiger charge is -2.43. The Kier molecular flexibility index (Phi) is 6.99. The third-order valence-electron chi connectivity index (χ3n) is 7.71. The van der Waals surface area contributed by atoms with E-state index in [0.717, 1.165) is 68.9 Å². The highest BCUT2D eigenvalue weighted by Crippen LogP contribution is 2.38. The third-order valence-corrected chi connectivity index (χ3v) is 7.71. The molecular weight excluding hydrogens is 478 g/mol. The molecule has 5 heterocycles. The zero-order chi connectivity index (χ0) is 25.9. The second-order valence-corrected chi connectivity index (χ2v) is 10.2. The molecule has 2 aromatic heterocycles. The van der Waals surface area contributed by atoms with Gasteiger partial charge in [0, 0.05) is 49.2 Å². The SMILES string of the molecule is Nc1nnc(-c2ccccc2O)cc1N1CC2CCC(C1)N2c1ccnc(C#CCOC2CCCNC2)c1. The summed E-state index contributed by atoms with van der Waals surface area (Å²) in [5.41, 5.74) is 10.3. The number of hydrogen-bond donors (Lipinski definition) is 3. The van der Waals surface area contributed by atoms with Crippen molar-refractivity contribution in [2.45, 2.75) is 43.9 Å². The molecule has 6 rings (SSSR count). The lowest BCUT2D eigenvalue weighted by molar-refractivity contribution is 0.0591. The van der Waals surface area contributed by atoms with Gasteiger partial charge in [0.25, 0.3) is 0 Å². The maximum absolute atomic E-state index is 10.3. The minimum atomic E-state index is 0.177. The summed E-state index contributed by atoms with van der Waals surface area (Å²) >= 11 is 0. The number of anilines is 3. The zero-order valence-electron chi connectivity index (χ0n) is 21.4. The van der Waals surface area contributed by atoms with Gasteiger partial charge in [-0.2, -0.15) is 0 Å². The van der Waals surface area contributed by atoms with E-state index in [1.54, 1.807) is 12.1 Å². The second kappa shape index (κ2) is 10.9. The van der Waals surface area contributed by atoms with E-state index >= 15 is 0 Å². The van der Waals surface area contributed by atoms with E-state index in [9.17, 15) is 5.11 Å². The number of nitrogens with two attached hydrogens (primary N) is 1. The van der Waals surface area contributed by atoms with Crippen LogP contribution in [0.3, 0.4) is 0 Å². The van der Waals surface area contributed by atoms with Crippen molar-refractivity contribution in [3.05, 3.63) is 54.4 Å². The molecule has 38 heavy (non-hydrogen) atoms. The number of piperidine rings is 1. The number of piperazine rings is 1. The van der Waals surface area contributed by atoms with E-state index in [1.807, 2.05) is 24.4 Å². The van der Waals surface area contributed by atoms with Gasteiger partial charge in [0.15, 0.2) is 5.82 Å². The van der Waals surface area contributed by atoms with Crippen LogP contribution in [-0.4, -0.2) is 71.3 Å². The lowest BCUT2D eigenvalue weighted by atomic mass is 10.1. The Hall–Kier alpha value is -3.87. The summed E-state index contributed by atoms with van der Waals surface area (Å²) < 4.78 is 5.89. The first-order valence-corrected chi connectivity index (χ1v) is 13.4. The fraction of sp³-hybridized carbons (Fsp3) is 0.414. The first kappa shape index (κ1) is 24.5. The van der Waals surface area contributed by atoms with Crippen molar-refractivity contribution in [1.29, 1.82) is 0 Å². The summed E-state index contributed by atoms with van der Waals surface area (Å²) in [6, 6.07) is 14.0. The topological polar surface area (TPSA) is 113 Å². The molecule has 3 aromatic rings. The van der Waals surface area contributed by atoms with E-state index in [0.29, 0.717) is 35.8 Å². The number of aromatic nitrogens is 3. The number of aromatic hydroxyl groups is 1. The summed E-state index contributed by atoms with van der Waals surface area (Å²) in [5.74, 6) is 6.91. The average Bonchev–Trinajstić information content (AvgIpc) is 3.22. The highest BCUT2D eigenvalue weighted by atomic mass is 16.5. The van der Waals surface area contributed by atoms with Crippen LogP contribution < -0.4 is 20.9 Å². The predicted molar refractivity (Wildman–Crippen MR) is 148 cm³/mol. The first-order chi connectivity index (χ1) is 18.7. The summed E-state index contributed by atoms with van der Waals surface area (Å²) in [4.78, 5) is 9.31. The van der Waals surface area contributed by atoms with Gasteiger partial charge in [-0.05, 0) is 68.5 Å². The van der Waals surface area contributed by atoms with Gasteiger partial charge in [-0.3, -0.25) is 0 Å². The number of phenolic OH excluding ortho intramolecular Hbond substituents is 1. The molecular formula is C29H33N7O2. The molecule has 9 heteroatoms. The van der Waals surface area contributed by atoms with Crippen LogP contribution in [0.15, 0.2) is 48.7 Å². The van der Waals surface area contributed by atoms with E-state index in [4.69, 9.17) is 10.5 Å². The molecule has 2 bridgehead atoms. The van der Waals surface area contributed by atoms with Gasteiger partial charge in [0.1, 0.15) is 18.1 Å². The number of fused-ring (bicyclic) bond motifs is 2. The standard InChI is InChI=1S/C29H33N7O2/c30-29-27(16-26(33-34-29)25-7-1-2-8-28(25)37)35-18-22-9-10-23(19-35)36(22)21-11-13-32-20(15-21)5-4-14-38-24-6-3-12-31-17-24/h1-2,7-8,11,13,15-16,22-24,31,37H,3,6,9-10,12,14,17-19H2,(H2,30,34). The molecule has 3 aliphatic heterocycles. The van der Waals surface area contributed by atoms with Crippen LogP contribution in [0.5, 0.6) is 5.75 Å². The van der Waals surface area contributed by atoms with E-state index in [-0.39, 0.29) is 11.9 Å². The van der Waals surface area contributed by atoms with Crippen LogP contribution in [0.4, 0.5) is 17.2 Å². The molecule has 0 aliphatic carbocycles. The van der Waals surface area contributed by atoms with Gasteiger partial charge in [-0.1, -0.05) is 18.1 Å². The maximum atomic E-state index is 10.3. The first-order valence-electron chi connectivity index (χ1n) is 13.4. The Labute approximate surface area is 223 Å². The maximum Gasteiger partial charge on any atom is 0.169 e. The van der Waals surface area contributed by atoms with Crippen molar-refractivity contribution in [2.24, 2.45) is 0 Å². The van der Waals surface area contributed by atoms with Crippen molar-refractivity contribution in [2.75, 3.05) is 48.3 Å².